The average Bonchev–Trinajstić information content (AvgIpc) is 2.61. The molecule has 0 saturated heterocycles. The zero-order chi connectivity index (χ0) is 16.8. The van der Waals surface area contributed by atoms with E-state index in [0.29, 0.717) is 0 Å². The highest BCUT2D eigenvalue weighted by molar-refractivity contribution is 5.62. The van der Waals surface area contributed by atoms with Crippen LogP contribution >= 0.6 is 0 Å². The van der Waals surface area contributed by atoms with Gasteiger partial charge in [0.25, 0.3) is 0 Å². The first-order chi connectivity index (χ1) is 11.7. The Hall–Kier alpha value is -3.54. The van der Waals surface area contributed by atoms with E-state index in [-0.39, 0.29) is 0 Å². The third kappa shape index (κ3) is 4.23. The highest BCUT2D eigenvalue weighted by atomic mass is 15.4. The lowest BCUT2D eigenvalue weighted by Crippen LogP contribution is -2.11. The van der Waals surface area contributed by atoms with E-state index in [2.05, 4.69) is 21.7 Å². The van der Waals surface area contributed by atoms with Gasteiger partial charge >= 0.3 is 0 Å². The summed E-state index contributed by atoms with van der Waals surface area (Å²) in [5, 5.41) is 0. The Morgan fingerprint density at radius 3 is 1.25 bits per heavy atom. The number of benzene rings is 3. The van der Waals surface area contributed by atoms with Crippen molar-refractivity contribution in [1.29, 1.82) is 0 Å². The topological polar surface area (TPSA) is 100 Å². The van der Waals surface area contributed by atoms with Crippen LogP contribution in [-0.2, 0) is 0 Å². The first-order valence-electron chi connectivity index (χ1n) is 7.54. The molecule has 0 spiro atoms. The van der Waals surface area contributed by atoms with Crippen molar-refractivity contribution in [2.24, 2.45) is 0 Å². The number of rotatable bonds is 6. The van der Waals surface area contributed by atoms with Crippen LogP contribution in [0.25, 0.3) is 0 Å². The number of anilines is 6. The van der Waals surface area contributed by atoms with Crippen molar-refractivity contribution in [2.75, 3.05) is 33.2 Å². The van der Waals surface area contributed by atoms with Crippen LogP contribution in [0.2, 0.25) is 0 Å². The molecule has 0 amide bonds. The molecule has 0 aromatic heterocycles. The van der Waals surface area contributed by atoms with Gasteiger partial charge in [0, 0.05) is 11.4 Å². The minimum absolute atomic E-state index is 0.737. The second kappa shape index (κ2) is 7.15. The van der Waals surface area contributed by atoms with Gasteiger partial charge in [-0.15, -0.1) is 0 Å². The van der Waals surface area contributed by atoms with Gasteiger partial charge in [-0.05, 0) is 66.7 Å². The molecule has 0 radical (unpaired) electrons. The van der Waals surface area contributed by atoms with Crippen molar-refractivity contribution in [3.8, 4) is 0 Å². The fourth-order valence-electron chi connectivity index (χ4n) is 2.10. The maximum absolute atomic E-state index is 5.67. The van der Waals surface area contributed by atoms with Crippen molar-refractivity contribution >= 4 is 34.1 Å². The fourth-order valence-corrected chi connectivity index (χ4v) is 2.10. The Balaban J connectivity index is 1.57. The highest BCUT2D eigenvalue weighted by Crippen LogP contribution is 2.17. The molecule has 0 heterocycles. The van der Waals surface area contributed by atoms with Crippen molar-refractivity contribution in [3.05, 3.63) is 72.8 Å². The number of nitrogen functional groups attached to an aromatic ring is 2. The lowest BCUT2D eigenvalue weighted by atomic mass is 10.3. The standard InChI is InChI=1S/C18H20N6/c19-13-4-8-15(9-5-13)21-23-17-2-1-3-18(12-17)24-22-16-10-6-14(20)7-11-16/h1-12,21-24H,19-20H2. The Bertz CT molecular complexity index is 719. The Kier molecular flexibility index (Phi) is 4.57. The average molecular weight is 320 g/mol. The summed E-state index contributed by atoms with van der Waals surface area (Å²) in [4.78, 5) is 0. The lowest BCUT2D eigenvalue weighted by molar-refractivity contribution is 1.38. The van der Waals surface area contributed by atoms with Crippen LogP contribution < -0.4 is 33.2 Å². The number of nitrogens with one attached hydrogen (secondary N) is 4. The number of hydrazine groups is 2. The Morgan fingerprint density at radius 1 is 0.458 bits per heavy atom. The van der Waals surface area contributed by atoms with E-state index in [0.717, 1.165) is 34.1 Å². The molecule has 0 aliphatic carbocycles. The zero-order valence-corrected chi connectivity index (χ0v) is 13.1. The van der Waals surface area contributed by atoms with Crippen LogP contribution in [0.5, 0.6) is 0 Å². The van der Waals surface area contributed by atoms with Crippen molar-refractivity contribution in [3.63, 3.8) is 0 Å². The van der Waals surface area contributed by atoms with Crippen molar-refractivity contribution in [1.82, 2.24) is 0 Å². The van der Waals surface area contributed by atoms with E-state index >= 15 is 0 Å². The first-order valence-corrected chi connectivity index (χ1v) is 7.54. The molecule has 0 atom stereocenters. The normalized spacial score (nSPS) is 10.0. The van der Waals surface area contributed by atoms with Crippen LogP contribution in [0.15, 0.2) is 72.8 Å². The highest BCUT2D eigenvalue weighted by Gasteiger charge is 1.97. The first kappa shape index (κ1) is 15.4. The molecule has 6 nitrogen and oxygen atoms in total. The molecule has 122 valence electrons. The van der Waals surface area contributed by atoms with Gasteiger partial charge in [-0.3, -0.25) is 0 Å². The summed E-state index contributed by atoms with van der Waals surface area (Å²) in [7, 11) is 0. The SMILES string of the molecule is Nc1ccc(NNc2cccc(NNc3ccc(N)cc3)c2)cc1. The van der Waals surface area contributed by atoms with Crippen LogP contribution in [-0.4, -0.2) is 0 Å². The van der Waals surface area contributed by atoms with E-state index in [1.54, 1.807) is 0 Å². The second-order valence-corrected chi connectivity index (χ2v) is 5.32. The lowest BCUT2D eigenvalue weighted by Gasteiger charge is -2.13. The molecule has 3 aromatic carbocycles. The molecule has 3 aromatic rings. The molecule has 3 rings (SSSR count). The maximum Gasteiger partial charge on any atom is 0.0561 e. The van der Waals surface area contributed by atoms with Crippen LogP contribution in [0.3, 0.4) is 0 Å². The van der Waals surface area contributed by atoms with Crippen molar-refractivity contribution in [2.45, 2.75) is 0 Å². The predicted molar refractivity (Wildman–Crippen MR) is 103 cm³/mol. The number of hydrogen-bond donors (Lipinski definition) is 6. The Morgan fingerprint density at radius 2 is 0.833 bits per heavy atom. The van der Waals surface area contributed by atoms with Gasteiger partial charge in [-0.2, -0.15) is 0 Å². The minimum Gasteiger partial charge on any atom is -0.399 e. The van der Waals surface area contributed by atoms with E-state index in [1.807, 2.05) is 72.8 Å². The number of hydrogen-bond acceptors (Lipinski definition) is 6. The molecule has 0 aliphatic rings. The van der Waals surface area contributed by atoms with Gasteiger partial charge in [0.1, 0.15) is 0 Å². The van der Waals surface area contributed by atoms with Gasteiger partial charge in [-0.1, -0.05) is 6.07 Å². The zero-order valence-electron chi connectivity index (χ0n) is 13.1. The van der Waals surface area contributed by atoms with Gasteiger partial charge in [0.05, 0.1) is 22.7 Å². The van der Waals surface area contributed by atoms with Crippen LogP contribution in [0.4, 0.5) is 34.1 Å². The number of nitrogens with two attached hydrogens (primary N) is 2. The molecule has 6 heteroatoms. The molecule has 0 aliphatic heterocycles. The largest absolute Gasteiger partial charge is 0.399 e. The fraction of sp³-hybridized carbons (Fsp3) is 0. The molecule has 0 saturated carbocycles. The molecular formula is C18H20N6. The van der Waals surface area contributed by atoms with Gasteiger partial charge in [-0.25, -0.2) is 0 Å². The summed E-state index contributed by atoms with van der Waals surface area (Å²) in [6.45, 7) is 0. The van der Waals surface area contributed by atoms with Crippen LogP contribution in [0.1, 0.15) is 0 Å². The molecular weight excluding hydrogens is 300 g/mol. The van der Waals surface area contributed by atoms with E-state index < -0.39 is 0 Å². The molecule has 0 fully saturated rings. The van der Waals surface area contributed by atoms with Crippen LogP contribution in [0, 0.1) is 0 Å². The van der Waals surface area contributed by atoms with E-state index in [9.17, 15) is 0 Å². The molecule has 8 N–H and O–H groups in total. The maximum atomic E-state index is 5.67. The van der Waals surface area contributed by atoms with Gasteiger partial charge in [0.2, 0.25) is 0 Å². The second-order valence-electron chi connectivity index (χ2n) is 5.32. The monoisotopic (exact) mass is 320 g/mol. The van der Waals surface area contributed by atoms with Crippen molar-refractivity contribution < 1.29 is 0 Å². The summed E-state index contributed by atoms with van der Waals surface area (Å²) in [6, 6.07) is 22.9. The predicted octanol–water partition coefficient (Wildman–Crippen LogP) is 3.73. The molecule has 24 heavy (non-hydrogen) atoms. The minimum atomic E-state index is 0.737. The van der Waals surface area contributed by atoms with E-state index in [4.69, 9.17) is 11.5 Å². The van der Waals surface area contributed by atoms with Gasteiger partial charge in [0.15, 0.2) is 0 Å². The molecule has 0 bridgehead atoms. The van der Waals surface area contributed by atoms with Gasteiger partial charge < -0.3 is 33.2 Å². The smallest absolute Gasteiger partial charge is 0.0561 e. The summed E-state index contributed by atoms with van der Waals surface area (Å²) in [5.74, 6) is 0. The van der Waals surface area contributed by atoms with E-state index in [1.165, 1.54) is 0 Å². The summed E-state index contributed by atoms with van der Waals surface area (Å²) >= 11 is 0. The summed E-state index contributed by atoms with van der Waals surface area (Å²) in [5.41, 5.74) is 29.1. The molecule has 0 unspecified atom stereocenters. The summed E-state index contributed by atoms with van der Waals surface area (Å²) in [6.07, 6.45) is 0. The quantitative estimate of drug-likeness (QED) is 0.306. The third-order valence-electron chi connectivity index (χ3n) is 3.39. The Labute approximate surface area is 140 Å². The third-order valence-corrected chi connectivity index (χ3v) is 3.39. The summed E-state index contributed by atoms with van der Waals surface area (Å²) < 4.78 is 0.